The van der Waals surface area contributed by atoms with Crippen LogP contribution in [0.2, 0.25) is 0 Å². The number of hydrogen-bond acceptors (Lipinski definition) is 6. The van der Waals surface area contributed by atoms with E-state index >= 15 is 0 Å². The highest BCUT2D eigenvalue weighted by atomic mass is 16.6. The van der Waals surface area contributed by atoms with E-state index in [1.807, 2.05) is 0 Å². The lowest BCUT2D eigenvalue weighted by atomic mass is 10.0. The molecule has 0 aromatic carbocycles. The van der Waals surface area contributed by atoms with Crippen LogP contribution in [-0.4, -0.2) is 37.2 Å². The Morgan fingerprint density at radius 3 is 0.792 bits per heavy atom. The largest absolute Gasteiger partial charge is 0.462 e. The van der Waals surface area contributed by atoms with Gasteiger partial charge in [-0.3, -0.25) is 14.4 Å². The van der Waals surface area contributed by atoms with Crippen molar-refractivity contribution < 1.29 is 28.6 Å². The molecule has 0 spiro atoms. The smallest absolute Gasteiger partial charge is 0.306 e. The Kier molecular flexibility index (Phi) is 60.8. The molecule has 0 amide bonds. The molecule has 0 fully saturated rings. The van der Waals surface area contributed by atoms with Crippen LogP contribution in [0.5, 0.6) is 0 Å². The molecular formula is C71H118O6. The van der Waals surface area contributed by atoms with Crippen LogP contribution < -0.4 is 0 Å². The molecule has 77 heavy (non-hydrogen) atoms. The molecule has 0 aromatic heterocycles. The van der Waals surface area contributed by atoms with Crippen molar-refractivity contribution in [2.24, 2.45) is 0 Å². The van der Waals surface area contributed by atoms with E-state index in [2.05, 4.69) is 142 Å². The fourth-order valence-electron chi connectivity index (χ4n) is 8.69. The minimum atomic E-state index is -0.798. The van der Waals surface area contributed by atoms with Gasteiger partial charge < -0.3 is 14.2 Å². The second kappa shape index (κ2) is 64.3. The minimum Gasteiger partial charge on any atom is -0.462 e. The van der Waals surface area contributed by atoms with Crippen LogP contribution in [-0.2, 0) is 28.6 Å². The molecule has 0 aliphatic rings. The fraction of sp³-hybridized carbons (Fsp3) is 0.676. The number of hydrogen-bond donors (Lipinski definition) is 0. The van der Waals surface area contributed by atoms with Gasteiger partial charge in [-0.25, -0.2) is 0 Å². The fourth-order valence-corrected chi connectivity index (χ4v) is 8.69. The second-order valence-electron chi connectivity index (χ2n) is 20.9. The summed E-state index contributed by atoms with van der Waals surface area (Å²) in [4.78, 5) is 38.3. The summed E-state index contributed by atoms with van der Waals surface area (Å²) < 4.78 is 16.9. The van der Waals surface area contributed by atoms with E-state index in [0.717, 1.165) is 148 Å². The molecule has 0 saturated heterocycles. The van der Waals surface area contributed by atoms with E-state index in [0.29, 0.717) is 19.3 Å². The summed E-state index contributed by atoms with van der Waals surface area (Å²) in [7, 11) is 0. The number of esters is 3. The van der Waals surface area contributed by atoms with Gasteiger partial charge >= 0.3 is 17.9 Å². The first-order valence-corrected chi connectivity index (χ1v) is 32.0. The molecule has 0 saturated carbocycles. The van der Waals surface area contributed by atoms with Gasteiger partial charge in [0.25, 0.3) is 0 Å². The van der Waals surface area contributed by atoms with E-state index in [1.54, 1.807) is 0 Å². The molecule has 438 valence electrons. The Morgan fingerprint density at radius 1 is 0.273 bits per heavy atom. The summed E-state index contributed by atoms with van der Waals surface area (Å²) in [6.07, 6.45) is 89.1. The van der Waals surface area contributed by atoms with Gasteiger partial charge in [0.15, 0.2) is 6.10 Å². The van der Waals surface area contributed by atoms with Gasteiger partial charge in [-0.15, -0.1) is 0 Å². The highest BCUT2D eigenvalue weighted by molar-refractivity contribution is 5.71. The van der Waals surface area contributed by atoms with Crippen molar-refractivity contribution in [3.8, 4) is 0 Å². The Balaban J connectivity index is 4.38. The van der Waals surface area contributed by atoms with E-state index in [4.69, 9.17) is 14.2 Å². The van der Waals surface area contributed by atoms with Gasteiger partial charge in [0, 0.05) is 19.3 Å². The first-order chi connectivity index (χ1) is 38.0. The minimum absolute atomic E-state index is 0.0918. The SMILES string of the molecule is CC/C=C\C/C=C\C/C=C\C/C=C\CCCCCCCCCCCCCCC(=O)OCC(COC(=O)CCCCCCC/C=C\C/C=C\C/C=C\CC)OC(=O)CCCCCCCC/C=C\C/C=C\C/C=C\CCCCC. The number of carbonyl (C=O) groups excluding carboxylic acids is 3. The monoisotopic (exact) mass is 1070 g/mol. The molecule has 1 atom stereocenters. The van der Waals surface area contributed by atoms with Crippen molar-refractivity contribution in [2.45, 2.75) is 297 Å². The maximum absolute atomic E-state index is 12.9. The van der Waals surface area contributed by atoms with E-state index in [9.17, 15) is 14.4 Å². The van der Waals surface area contributed by atoms with Crippen molar-refractivity contribution in [2.75, 3.05) is 13.2 Å². The summed E-state index contributed by atoms with van der Waals surface area (Å²) in [6.45, 7) is 6.38. The van der Waals surface area contributed by atoms with Crippen molar-refractivity contribution in [1.29, 1.82) is 0 Å². The Morgan fingerprint density at radius 2 is 0.506 bits per heavy atom. The molecule has 0 aromatic rings. The highest BCUT2D eigenvalue weighted by Crippen LogP contribution is 2.16. The summed E-state index contributed by atoms with van der Waals surface area (Å²) in [6, 6.07) is 0. The van der Waals surface area contributed by atoms with E-state index < -0.39 is 6.10 Å². The maximum Gasteiger partial charge on any atom is 0.306 e. The summed E-state index contributed by atoms with van der Waals surface area (Å²) in [5.41, 5.74) is 0. The van der Waals surface area contributed by atoms with Gasteiger partial charge in [0.05, 0.1) is 0 Å². The van der Waals surface area contributed by atoms with Crippen LogP contribution in [0.15, 0.2) is 122 Å². The van der Waals surface area contributed by atoms with Gasteiger partial charge in [0.2, 0.25) is 0 Å². The van der Waals surface area contributed by atoms with Crippen LogP contribution in [0.1, 0.15) is 290 Å². The van der Waals surface area contributed by atoms with E-state index in [1.165, 1.54) is 103 Å². The molecular weight excluding hydrogens is 949 g/mol. The zero-order chi connectivity index (χ0) is 55.7. The van der Waals surface area contributed by atoms with E-state index in [-0.39, 0.29) is 31.1 Å². The third kappa shape index (κ3) is 62.5. The Hall–Kier alpha value is -4.19. The van der Waals surface area contributed by atoms with Gasteiger partial charge in [-0.2, -0.15) is 0 Å². The van der Waals surface area contributed by atoms with Crippen LogP contribution in [0.3, 0.4) is 0 Å². The topological polar surface area (TPSA) is 78.9 Å². The van der Waals surface area contributed by atoms with Crippen molar-refractivity contribution in [1.82, 2.24) is 0 Å². The molecule has 6 nitrogen and oxygen atoms in total. The van der Waals surface area contributed by atoms with Crippen molar-refractivity contribution >= 4 is 17.9 Å². The summed E-state index contributed by atoms with van der Waals surface area (Å²) in [5.74, 6) is -0.919. The first-order valence-electron chi connectivity index (χ1n) is 32.0. The predicted molar refractivity (Wildman–Crippen MR) is 334 cm³/mol. The molecule has 0 rings (SSSR count). The predicted octanol–water partition coefficient (Wildman–Crippen LogP) is 22.0. The molecule has 6 heteroatoms. The highest BCUT2D eigenvalue weighted by Gasteiger charge is 2.19. The molecule has 1 unspecified atom stereocenters. The zero-order valence-corrected chi connectivity index (χ0v) is 50.2. The molecule has 0 bridgehead atoms. The van der Waals surface area contributed by atoms with Gasteiger partial charge in [-0.05, 0) is 128 Å². The molecule has 0 heterocycles. The van der Waals surface area contributed by atoms with Crippen LogP contribution >= 0.6 is 0 Å². The van der Waals surface area contributed by atoms with Crippen LogP contribution in [0.4, 0.5) is 0 Å². The number of rotatable bonds is 57. The molecule has 0 N–H and O–H groups in total. The zero-order valence-electron chi connectivity index (χ0n) is 50.2. The normalized spacial score (nSPS) is 12.9. The number of carbonyl (C=O) groups is 3. The average Bonchev–Trinajstić information content (AvgIpc) is 3.43. The number of unbranched alkanes of at least 4 members (excludes halogenated alkanes) is 26. The third-order valence-electron chi connectivity index (χ3n) is 13.4. The lowest BCUT2D eigenvalue weighted by Crippen LogP contribution is -2.30. The van der Waals surface area contributed by atoms with Gasteiger partial charge in [-0.1, -0.05) is 264 Å². The molecule has 0 aliphatic carbocycles. The van der Waals surface area contributed by atoms with Crippen molar-refractivity contribution in [3.63, 3.8) is 0 Å². The lowest BCUT2D eigenvalue weighted by molar-refractivity contribution is -0.167. The molecule has 0 radical (unpaired) electrons. The first kappa shape index (κ1) is 72.8. The summed E-state index contributed by atoms with van der Waals surface area (Å²) >= 11 is 0. The average molecular weight is 1070 g/mol. The maximum atomic E-state index is 12.9. The lowest BCUT2D eigenvalue weighted by Gasteiger charge is -2.18. The third-order valence-corrected chi connectivity index (χ3v) is 13.4. The Labute approximate surface area is 475 Å². The Bertz CT molecular complexity index is 1600. The standard InChI is InChI=1S/C71H118O6/c1-4-7-10-13-16-19-22-25-28-30-32-33-34-35-36-37-39-40-43-46-49-52-55-58-61-64-70(73)76-67-68(66-75-69(72)63-60-57-54-51-48-45-42-27-24-21-18-15-12-9-6-3)77-71(74)65-62-59-56-53-50-47-44-41-38-31-29-26-23-20-17-14-11-8-5-2/h7,9-10,12,16-21,25-29,32-33,38,41-42,68H,4-6,8,11,13-15,22-24,30-31,34-37,39-40,43-67H2,1-3H3/b10-7-,12-9-,19-16-,20-17-,21-18-,28-25-,29-26-,33-32-,41-38-,42-27-. The van der Waals surface area contributed by atoms with Gasteiger partial charge in [0.1, 0.15) is 13.2 Å². The summed E-state index contributed by atoms with van der Waals surface area (Å²) in [5, 5.41) is 0. The van der Waals surface area contributed by atoms with Crippen molar-refractivity contribution in [3.05, 3.63) is 122 Å². The number of allylic oxidation sites excluding steroid dienone is 20. The molecule has 0 aliphatic heterocycles. The van der Waals surface area contributed by atoms with Crippen LogP contribution in [0, 0.1) is 0 Å². The quantitative estimate of drug-likeness (QED) is 0.0261. The second-order valence-corrected chi connectivity index (χ2v) is 20.9. The van der Waals surface area contributed by atoms with Crippen LogP contribution in [0.25, 0.3) is 0 Å². The number of ether oxygens (including phenoxy) is 3.